The van der Waals surface area contributed by atoms with Crippen LogP contribution in [-0.4, -0.2) is 54.3 Å². The van der Waals surface area contributed by atoms with Crippen LogP contribution in [0, 0.1) is 0 Å². The van der Waals surface area contributed by atoms with Gasteiger partial charge in [-0.05, 0) is 12.1 Å². The van der Waals surface area contributed by atoms with Gasteiger partial charge in [0.05, 0.1) is 24.9 Å². The van der Waals surface area contributed by atoms with Crippen LogP contribution in [0.2, 0.25) is 0 Å². The van der Waals surface area contributed by atoms with E-state index in [1.54, 1.807) is 12.4 Å². The van der Waals surface area contributed by atoms with E-state index in [0.717, 1.165) is 43.8 Å². The monoisotopic (exact) mass is 259 g/mol. The summed E-state index contributed by atoms with van der Waals surface area (Å²) >= 11 is 0. The number of rotatable bonds is 4. The van der Waals surface area contributed by atoms with Crippen molar-refractivity contribution in [1.29, 1.82) is 0 Å². The molecule has 0 unspecified atom stereocenters. The zero-order chi connectivity index (χ0) is 12.9. The van der Waals surface area contributed by atoms with Crippen LogP contribution in [0.3, 0.4) is 0 Å². The van der Waals surface area contributed by atoms with Crippen LogP contribution < -0.4 is 4.74 Å². The molecule has 0 radical (unpaired) electrons. The van der Waals surface area contributed by atoms with Crippen molar-refractivity contribution in [3.8, 4) is 5.88 Å². The molecule has 1 saturated heterocycles. The second-order valence-electron chi connectivity index (χ2n) is 4.52. The van der Waals surface area contributed by atoms with E-state index >= 15 is 0 Å². The van der Waals surface area contributed by atoms with E-state index in [4.69, 9.17) is 9.47 Å². The van der Waals surface area contributed by atoms with Crippen molar-refractivity contribution in [2.45, 2.75) is 0 Å². The average molecular weight is 259 g/mol. The lowest BCUT2D eigenvalue weighted by Crippen LogP contribution is -2.38. The maximum atomic E-state index is 5.70. The molecule has 0 aliphatic carbocycles. The van der Waals surface area contributed by atoms with Gasteiger partial charge in [0.15, 0.2) is 0 Å². The molecule has 3 heterocycles. The number of fused-ring (bicyclic) bond motifs is 1. The zero-order valence-corrected chi connectivity index (χ0v) is 10.8. The molecule has 1 aliphatic rings. The minimum Gasteiger partial charge on any atom is -0.476 e. The van der Waals surface area contributed by atoms with Gasteiger partial charge in [-0.15, -0.1) is 0 Å². The summed E-state index contributed by atoms with van der Waals surface area (Å²) in [5, 5.41) is 1.08. The van der Waals surface area contributed by atoms with Crippen LogP contribution in [-0.2, 0) is 4.74 Å². The molecule has 0 aromatic carbocycles. The molecule has 0 saturated carbocycles. The van der Waals surface area contributed by atoms with Gasteiger partial charge in [0.2, 0.25) is 5.88 Å². The standard InChI is InChI=1S/C14H17N3O2/c1-2-14(16-13-11-15-4-3-12(1)13)19-10-7-17-5-8-18-9-6-17/h1-4,11H,5-10H2. The Hall–Kier alpha value is -1.72. The third-order valence-electron chi connectivity index (χ3n) is 3.23. The molecule has 3 rings (SSSR count). The molecular formula is C14H17N3O2. The molecule has 5 heteroatoms. The fraction of sp³-hybridized carbons (Fsp3) is 0.429. The maximum absolute atomic E-state index is 5.70. The molecule has 5 nitrogen and oxygen atoms in total. The Morgan fingerprint density at radius 2 is 2.11 bits per heavy atom. The molecule has 0 spiro atoms. The number of nitrogens with zero attached hydrogens (tertiary/aromatic N) is 3. The lowest BCUT2D eigenvalue weighted by Gasteiger charge is -2.26. The first-order chi connectivity index (χ1) is 9.42. The summed E-state index contributed by atoms with van der Waals surface area (Å²) in [7, 11) is 0. The number of hydrogen-bond donors (Lipinski definition) is 0. The minimum absolute atomic E-state index is 0.652. The molecule has 0 atom stereocenters. The van der Waals surface area contributed by atoms with Gasteiger partial charge >= 0.3 is 0 Å². The van der Waals surface area contributed by atoms with Crippen molar-refractivity contribution in [2.75, 3.05) is 39.5 Å². The Kier molecular flexibility index (Phi) is 3.86. The van der Waals surface area contributed by atoms with E-state index in [1.807, 2.05) is 18.2 Å². The van der Waals surface area contributed by atoms with Crippen molar-refractivity contribution in [1.82, 2.24) is 14.9 Å². The highest BCUT2D eigenvalue weighted by molar-refractivity contribution is 5.77. The summed E-state index contributed by atoms with van der Waals surface area (Å²) in [6.45, 7) is 5.17. The van der Waals surface area contributed by atoms with Gasteiger partial charge in [0.1, 0.15) is 6.61 Å². The molecular weight excluding hydrogens is 242 g/mol. The predicted molar refractivity (Wildman–Crippen MR) is 72.3 cm³/mol. The molecule has 19 heavy (non-hydrogen) atoms. The minimum atomic E-state index is 0.652. The molecule has 0 bridgehead atoms. The van der Waals surface area contributed by atoms with Gasteiger partial charge < -0.3 is 9.47 Å². The van der Waals surface area contributed by atoms with E-state index in [2.05, 4.69) is 14.9 Å². The van der Waals surface area contributed by atoms with Crippen molar-refractivity contribution < 1.29 is 9.47 Å². The summed E-state index contributed by atoms with van der Waals surface area (Å²) < 4.78 is 11.0. The highest BCUT2D eigenvalue weighted by atomic mass is 16.5. The van der Waals surface area contributed by atoms with Crippen LogP contribution >= 0.6 is 0 Å². The van der Waals surface area contributed by atoms with E-state index in [-0.39, 0.29) is 0 Å². The Morgan fingerprint density at radius 1 is 1.21 bits per heavy atom. The Morgan fingerprint density at radius 3 is 3.00 bits per heavy atom. The molecule has 100 valence electrons. The van der Waals surface area contributed by atoms with Crippen LogP contribution in [0.15, 0.2) is 30.6 Å². The van der Waals surface area contributed by atoms with E-state index in [9.17, 15) is 0 Å². The number of hydrogen-bond acceptors (Lipinski definition) is 5. The fourth-order valence-electron chi connectivity index (χ4n) is 2.13. The number of ether oxygens (including phenoxy) is 2. The summed E-state index contributed by atoms with van der Waals surface area (Å²) in [6.07, 6.45) is 3.52. The Labute approximate surface area is 112 Å². The first-order valence-corrected chi connectivity index (χ1v) is 6.55. The van der Waals surface area contributed by atoms with Gasteiger partial charge in [0.25, 0.3) is 0 Å². The van der Waals surface area contributed by atoms with Gasteiger partial charge in [-0.25, -0.2) is 4.98 Å². The van der Waals surface area contributed by atoms with Crippen molar-refractivity contribution in [2.24, 2.45) is 0 Å². The molecule has 0 N–H and O–H groups in total. The van der Waals surface area contributed by atoms with Gasteiger partial charge in [-0.1, -0.05) is 0 Å². The van der Waals surface area contributed by atoms with Crippen LogP contribution in [0.1, 0.15) is 0 Å². The van der Waals surface area contributed by atoms with Crippen molar-refractivity contribution >= 4 is 10.9 Å². The normalized spacial score (nSPS) is 16.6. The second-order valence-corrected chi connectivity index (χ2v) is 4.52. The maximum Gasteiger partial charge on any atom is 0.213 e. The van der Waals surface area contributed by atoms with E-state index < -0.39 is 0 Å². The van der Waals surface area contributed by atoms with Crippen molar-refractivity contribution in [3.63, 3.8) is 0 Å². The number of aromatic nitrogens is 2. The van der Waals surface area contributed by atoms with Gasteiger partial charge in [-0.2, -0.15) is 0 Å². The smallest absolute Gasteiger partial charge is 0.213 e. The van der Waals surface area contributed by atoms with Crippen LogP contribution in [0.25, 0.3) is 10.9 Å². The molecule has 0 amide bonds. The number of morpholine rings is 1. The van der Waals surface area contributed by atoms with Crippen LogP contribution in [0.5, 0.6) is 5.88 Å². The highest BCUT2D eigenvalue weighted by Gasteiger charge is 2.09. The Balaban J connectivity index is 1.56. The summed E-state index contributed by atoms with van der Waals surface area (Å²) in [5.41, 5.74) is 0.867. The summed E-state index contributed by atoms with van der Waals surface area (Å²) in [5.74, 6) is 0.661. The second kappa shape index (κ2) is 5.95. The number of pyridine rings is 2. The zero-order valence-electron chi connectivity index (χ0n) is 10.8. The quantitative estimate of drug-likeness (QED) is 0.829. The highest BCUT2D eigenvalue weighted by Crippen LogP contribution is 2.14. The first-order valence-electron chi connectivity index (χ1n) is 6.55. The van der Waals surface area contributed by atoms with Gasteiger partial charge in [0, 0.05) is 37.3 Å². The third kappa shape index (κ3) is 3.19. The third-order valence-corrected chi connectivity index (χ3v) is 3.23. The fourth-order valence-corrected chi connectivity index (χ4v) is 2.13. The topological polar surface area (TPSA) is 47.5 Å². The first kappa shape index (κ1) is 12.3. The molecule has 2 aromatic heterocycles. The lowest BCUT2D eigenvalue weighted by atomic mass is 10.3. The van der Waals surface area contributed by atoms with Crippen molar-refractivity contribution in [3.05, 3.63) is 30.6 Å². The lowest BCUT2D eigenvalue weighted by molar-refractivity contribution is 0.0320. The predicted octanol–water partition coefficient (Wildman–Crippen LogP) is 1.34. The SMILES string of the molecule is c1cc2ccc(OCCN3CCOCC3)nc2cn1. The molecule has 1 aliphatic heterocycles. The largest absolute Gasteiger partial charge is 0.476 e. The summed E-state index contributed by atoms with van der Waals surface area (Å²) in [4.78, 5) is 10.8. The molecule has 2 aromatic rings. The Bertz CT molecular complexity index is 541. The van der Waals surface area contributed by atoms with Gasteiger partial charge in [-0.3, -0.25) is 9.88 Å². The van der Waals surface area contributed by atoms with E-state index in [0.29, 0.717) is 12.5 Å². The molecule has 1 fully saturated rings. The summed E-state index contributed by atoms with van der Waals surface area (Å²) in [6, 6.07) is 5.86. The average Bonchev–Trinajstić information content (AvgIpc) is 2.48. The van der Waals surface area contributed by atoms with E-state index in [1.165, 1.54) is 0 Å². The van der Waals surface area contributed by atoms with Crippen LogP contribution in [0.4, 0.5) is 0 Å².